The molecule has 0 saturated heterocycles. The van der Waals surface area contributed by atoms with Crippen LogP contribution in [0.2, 0.25) is 0 Å². The van der Waals surface area contributed by atoms with Crippen LogP contribution in [0, 0.1) is 0 Å². The van der Waals surface area contributed by atoms with Crippen molar-refractivity contribution in [1.82, 2.24) is 29.9 Å². The van der Waals surface area contributed by atoms with E-state index in [1.165, 1.54) is 0 Å². The molecule has 10 rings (SSSR count). The van der Waals surface area contributed by atoms with Crippen LogP contribution in [0.3, 0.4) is 0 Å². The van der Waals surface area contributed by atoms with Gasteiger partial charge in [0.05, 0.1) is 0 Å². The van der Waals surface area contributed by atoms with Crippen LogP contribution in [0.25, 0.3) is 0 Å². The van der Waals surface area contributed by atoms with E-state index in [0.717, 1.165) is 22.3 Å². The number of anilines is 6. The molecule has 6 N–H and O–H groups in total. The monoisotopic (exact) mass is 814 g/mol. The first kappa shape index (κ1) is 36.4. The lowest BCUT2D eigenvalue weighted by Gasteiger charge is -2.13. The molecule has 0 unspecified atom stereocenters. The third kappa shape index (κ3) is 8.51. The Morgan fingerprint density at radius 1 is 0.300 bits per heavy atom. The van der Waals surface area contributed by atoms with Gasteiger partial charge in [0.25, 0.3) is 0 Å². The Morgan fingerprint density at radius 2 is 0.533 bits per heavy atom. The minimum Gasteiger partial charge on any atom is -0.454 e. The molecule has 4 aliphatic rings. The number of ether oxygens (including phenoxy) is 8. The van der Waals surface area contributed by atoms with E-state index in [1.54, 1.807) is 0 Å². The Kier molecular flexibility index (Phi) is 10.0. The van der Waals surface area contributed by atoms with E-state index in [0.29, 0.717) is 121 Å². The van der Waals surface area contributed by atoms with Crippen molar-refractivity contribution in [2.75, 3.05) is 72.2 Å². The number of hydrogen-bond acceptors (Lipinski definition) is 20. The first-order chi connectivity index (χ1) is 29.6. The standard InChI is InChI=1S/C40H38N12O8/c1-5-27-31(57-19-53-27)11-23(1)15-43-37-47-35(48-38(51-37)44-16-24-2-6-28-32(12-24)58-20-54-28)41-9-10-42-36-49-39(45-17-25-3-7-29-33(13-25)59-21-55-29)52-40(50-36)46-18-26-4-8-30-34(14-26)60-22-56-30/h1-8,11-14H,9-10,15-22H2,(H3,41,43,44,47,48,51)(H3,42,45,46,49,50,52). The third-order valence-corrected chi connectivity index (χ3v) is 9.51. The first-order valence-electron chi connectivity index (χ1n) is 19.1. The number of rotatable bonds is 17. The Balaban J connectivity index is 0.814. The number of nitrogens with one attached hydrogen (secondary N) is 6. The van der Waals surface area contributed by atoms with Gasteiger partial charge >= 0.3 is 0 Å². The minimum absolute atomic E-state index is 0.204. The van der Waals surface area contributed by atoms with Gasteiger partial charge in [-0.3, -0.25) is 0 Å². The molecule has 0 fully saturated rings. The summed E-state index contributed by atoms with van der Waals surface area (Å²) in [5.41, 5.74) is 3.89. The van der Waals surface area contributed by atoms with Gasteiger partial charge in [-0.2, -0.15) is 29.9 Å². The topological polar surface area (TPSA) is 223 Å². The highest BCUT2D eigenvalue weighted by molar-refractivity contribution is 5.51. The molecule has 60 heavy (non-hydrogen) atoms. The molecule has 6 heterocycles. The maximum absolute atomic E-state index is 5.55. The zero-order chi connectivity index (χ0) is 40.1. The van der Waals surface area contributed by atoms with Gasteiger partial charge in [0, 0.05) is 39.3 Å². The lowest BCUT2D eigenvalue weighted by molar-refractivity contribution is 0.173. The van der Waals surface area contributed by atoms with Crippen LogP contribution in [0.4, 0.5) is 35.7 Å². The molecule has 306 valence electrons. The average Bonchev–Trinajstić information content (AvgIpc) is 4.12. The van der Waals surface area contributed by atoms with Crippen molar-refractivity contribution in [3.05, 3.63) is 95.1 Å². The van der Waals surface area contributed by atoms with Gasteiger partial charge in [0.1, 0.15) is 0 Å². The average molecular weight is 815 g/mol. The van der Waals surface area contributed by atoms with E-state index in [1.807, 2.05) is 72.8 Å². The summed E-state index contributed by atoms with van der Waals surface area (Å²) < 4.78 is 44.0. The predicted octanol–water partition coefficient (Wildman–Crippen LogP) is 4.94. The van der Waals surface area contributed by atoms with Crippen LogP contribution in [-0.2, 0) is 26.2 Å². The number of aromatic nitrogens is 6. The minimum atomic E-state index is 0.204. The van der Waals surface area contributed by atoms with E-state index in [4.69, 9.17) is 37.9 Å². The Labute approximate surface area is 342 Å². The van der Waals surface area contributed by atoms with Gasteiger partial charge in [-0.15, -0.1) is 0 Å². The van der Waals surface area contributed by atoms with Gasteiger partial charge in [-0.05, 0) is 70.8 Å². The SMILES string of the molecule is c1cc2c(cc1CNc1nc(NCCNc3nc(NCc4ccc5c(c4)OCO5)nc(NCc4ccc5c(c4)OCO5)n3)nc(NCc3ccc4c(c3)OCO4)n1)OCO2. The van der Waals surface area contributed by atoms with Crippen molar-refractivity contribution in [2.24, 2.45) is 0 Å². The van der Waals surface area contributed by atoms with E-state index in [-0.39, 0.29) is 27.2 Å². The molecule has 0 radical (unpaired) electrons. The molecule has 0 aliphatic carbocycles. The molecular weight excluding hydrogens is 777 g/mol. The first-order valence-corrected chi connectivity index (χ1v) is 19.1. The second-order valence-electron chi connectivity index (χ2n) is 13.6. The van der Waals surface area contributed by atoms with Gasteiger partial charge in [0.2, 0.25) is 62.9 Å². The molecular formula is C40H38N12O8. The van der Waals surface area contributed by atoms with Gasteiger partial charge < -0.3 is 69.8 Å². The van der Waals surface area contributed by atoms with Crippen molar-refractivity contribution in [3.63, 3.8) is 0 Å². The highest BCUT2D eigenvalue weighted by Gasteiger charge is 2.18. The van der Waals surface area contributed by atoms with Gasteiger partial charge in [0.15, 0.2) is 46.0 Å². The van der Waals surface area contributed by atoms with Crippen LogP contribution in [0.15, 0.2) is 72.8 Å². The maximum Gasteiger partial charge on any atom is 0.231 e. The van der Waals surface area contributed by atoms with Crippen molar-refractivity contribution in [3.8, 4) is 46.0 Å². The van der Waals surface area contributed by atoms with E-state index >= 15 is 0 Å². The summed E-state index contributed by atoms with van der Waals surface area (Å²) in [6.07, 6.45) is 0. The van der Waals surface area contributed by atoms with Crippen molar-refractivity contribution >= 4 is 35.7 Å². The largest absolute Gasteiger partial charge is 0.454 e. The summed E-state index contributed by atoms with van der Waals surface area (Å²) in [7, 11) is 0. The van der Waals surface area contributed by atoms with E-state index in [2.05, 4.69) is 61.8 Å². The van der Waals surface area contributed by atoms with Crippen LogP contribution >= 0.6 is 0 Å². The zero-order valence-electron chi connectivity index (χ0n) is 31.9. The Morgan fingerprint density at radius 3 is 0.800 bits per heavy atom. The van der Waals surface area contributed by atoms with Crippen LogP contribution in [0.1, 0.15) is 22.3 Å². The second kappa shape index (κ2) is 16.5. The number of fused-ring (bicyclic) bond motifs is 4. The van der Waals surface area contributed by atoms with Crippen LogP contribution < -0.4 is 69.8 Å². The molecule has 4 aromatic carbocycles. The molecule has 2 aromatic heterocycles. The molecule has 0 bridgehead atoms. The summed E-state index contributed by atoms with van der Waals surface area (Å²) in [4.78, 5) is 27.9. The van der Waals surface area contributed by atoms with Gasteiger partial charge in [-0.25, -0.2) is 0 Å². The normalized spacial score (nSPS) is 13.5. The summed E-state index contributed by atoms with van der Waals surface area (Å²) in [6, 6.07) is 23.1. The second-order valence-corrected chi connectivity index (χ2v) is 13.6. The van der Waals surface area contributed by atoms with E-state index in [9.17, 15) is 0 Å². The fourth-order valence-electron chi connectivity index (χ4n) is 6.50. The molecule has 4 aliphatic heterocycles. The van der Waals surface area contributed by atoms with Gasteiger partial charge in [-0.1, -0.05) is 24.3 Å². The van der Waals surface area contributed by atoms with Crippen molar-refractivity contribution in [2.45, 2.75) is 26.2 Å². The third-order valence-electron chi connectivity index (χ3n) is 9.51. The lowest BCUT2D eigenvalue weighted by Crippen LogP contribution is -2.19. The fourth-order valence-corrected chi connectivity index (χ4v) is 6.50. The molecule has 6 aromatic rings. The molecule has 20 nitrogen and oxygen atoms in total. The fraction of sp³-hybridized carbons (Fsp3) is 0.250. The number of nitrogens with zero attached hydrogens (tertiary/aromatic N) is 6. The lowest BCUT2D eigenvalue weighted by atomic mass is 10.2. The zero-order valence-corrected chi connectivity index (χ0v) is 31.9. The van der Waals surface area contributed by atoms with E-state index < -0.39 is 0 Å². The summed E-state index contributed by atoms with van der Waals surface area (Å²) in [5, 5.41) is 19.8. The number of benzene rings is 4. The molecule has 0 saturated carbocycles. The van der Waals surface area contributed by atoms with Crippen LogP contribution in [-0.4, -0.2) is 70.2 Å². The Bertz CT molecular complexity index is 2200. The summed E-state index contributed by atoms with van der Waals surface area (Å²) in [5.74, 6) is 7.88. The summed E-state index contributed by atoms with van der Waals surface area (Å²) in [6.45, 7) is 3.42. The molecule has 20 heteroatoms. The summed E-state index contributed by atoms with van der Waals surface area (Å²) >= 11 is 0. The molecule has 0 amide bonds. The highest BCUT2D eigenvalue weighted by Crippen LogP contribution is 2.35. The van der Waals surface area contributed by atoms with Crippen molar-refractivity contribution in [1.29, 1.82) is 0 Å². The maximum atomic E-state index is 5.55. The quantitative estimate of drug-likeness (QED) is 0.0671. The number of hydrogen-bond donors (Lipinski definition) is 6. The Hall–Kier alpha value is -7.90. The smallest absolute Gasteiger partial charge is 0.231 e. The molecule has 0 spiro atoms. The van der Waals surface area contributed by atoms with Crippen LogP contribution in [0.5, 0.6) is 46.0 Å². The molecule has 0 atom stereocenters. The van der Waals surface area contributed by atoms with Crippen molar-refractivity contribution < 1.29 is 37.9 Å². The predicted molar refractivity (Wildman–Crippen MR) is 216 cm³/mol. The highest BCUT2D eigenvalue weighted by atomic mass is 16.7.